The Kier molecular flexibility index (Phi) is 7.59. The van der Waals surface area contributed by atoms with E-state index in [0.29, 0.717) is 10.7 Å². The smallest absolute Gasteiger partial charge is 0.264 e. The number of amides is 1. The molecule has 0 aliphatic carbocycles. The van der Waals surface area contributed by atoms with Crippen LogP contribution < -0.4 is 9.62 Å². The van der Waals surface area contributed by atoms with Crippen molar-refractivity contribution in [2.24, 2.45) is 0 Å². The minimum atomic E-state index is -3.97. The highest BCUT2D eigenvalue weighted by Gasteiger charge is 2.27. The fourth-order valence-electron chi connectivity index (χ4n) is 3.30. The molecule has 0 unspecified atom stereocenters. The maximum atomic E-state index is 13.4. The molecule has 3 aromatic carbocycles. The molecule has 168 valence electrons. The van der Waals surface area contributed by atoms with Gasteiger partial charge in [-0.25, -0.2) is 8.42 Å². The molecule has 32 heavy (non-hydrogen) atoms. The van der Waals surface area contributed by atoms with E-state index in [0.717, 1.165) is 21.9 Å². The second kappa shape index (κ2) is 10.2. The van der Waals surface area contributed by atoms with Crippen LogP contribution in [-0.2, 0) is 21.2 Å². The van der Waals surface area contributed by atoms with Crippen LogP contribution in [0.15, 0.2) is 77.7 Å². The van der Waals surface area contributed by atoms with Crippen molar-refractivity contribution in [3.8, 4) is 0 Å². The summed E-state index contributed by atoms with van der Waals surface area (Å²) in [4.78, 5) is 13.0. The van der Waals surface area contributed by atoms with E-state index in [2.05, 4.69) is 12.2 Å². The topological polar surface area (TPSA) is 66.5 Å². The van der Waals surface area contributed by atoms with Crippen LogP contribution in [-0.4, -0.2) is 20.9 Å². The Morgan fingerprint density at radius 1 is 0.969 bits per heavy atom. The van der Waals surface area contributed by atoms with Crippen molar-refractivity contribution in [3.63, 3.8) is 0 Å². The second-order valence-electron chi connectivity index (χ2n) is 7.69. The lowest BCUT2D eigenvalue weighted by Gasteiger charge is -2.25. The molecule has 0 fully saturated rings. The number of sulfonamides is 1. The number of benzene rings is 3. The van der Waals surface area contributed by atoms with E-state index in [-0.39, 0.29) is 17.5 Å². The zero-order chi connectivity index (χ0) is 23.3. The molecule has 0 spiro atoms. The lowest BCUT2D eigenvalue weighted by Crippen LogP contribution is -2.41. The number of carbonyl (C=O) groups excluding carboxylic acids is 1. The van der Waals surface area contributed by atoms with Gasteiger partial charge in [-0.05, 0) is 67.8 Å². The molecular weight excluding hydrogens is 444 g/mol. The number of nitrogens with zero attached hydrogens (tertiary/aromatic N) is 1. The molecule has 0 aliphatic heterocycles. The average Bonchev–Trinajstić information content (AvgIpc) is 2.78. The summed E-state index contributed by atoms with van der Waals surface area (Å²) >= 11 is 5.92. The molecule has 1 atom stereocenters. The number of hydrogen-bond donors (Lipinski definition) is 1. The van der Waals surface area contributed by atoms with Gasteiger partial charge < -0.3 is 5.32 Å². The predicted molar refractivity (Wildman–Crippen MR) is 130 cm³/mol. The Hall–Kier alpha value is -2.83. The number of carbonyl (C=O) groups is 1. The molecule has 0 aliphatic rings. The summed E-state index contributed by atoms with van der Waals surface area (Å²) in [5.41, 5.74) is 3.58. The monoisotopic (exact) mass is 470 g/mol. The highest BCUT2D eigenvalue weighted by atomic mass is 35.5. The van der Waals surface area contributed by atoms with Gasteiger partial charge in [-0.1, -0.05) is 60.5 Å². The van der Waals surface area contributed by atoms with Crippen LogP contribution in [0.25, 0.3) is 0 Å². The molecule has 1 amide bonds. The number of rotatable bonds is 8. The first-order valence-corrected chi connectivity index (χ1v) is 12.3. The molecule has 0 saturated heterocycles. The third kappa shape index (κ3) is 5.69. The van der Waals surface area contributed by atoms with Crippen molar-refractivity contribution in [1.29, 1.82) is 0 Å². The maximum absolute atomic E-state index is 13.4. The summed E-state index contributed by atoms with van der Waals surface area (Å²) in [6.07, 6.45) is 0.940. The average molecular weight is 471 g/mol. The molecule has 3 rings (SSSR count). The number of nitrogens with one attached hydrogen (secondary N) is 1. The van der Waals surface area contributed by atoms with Gasteiger partial charge in [0.05, 0.1) is 16.6 Å². The maximum Gasteiger partial charge on any atom is 0.264 e. The summed E-state index contributed by atoms with van der Waals surface area (Å²) < 4.78 is 27.9. The lowest BCUT2D eigenvalue weighted by molar-refractivity contribution is -0.120. The third-order valence-corrected chi connectivity index (χ3v) is 7.32. The first kappa shape index (κ1) is 23.8. The normalized spacial score (nSPS) is 12.2. The number of aryl methyl sites for hydroxylation is 2. The minimum absolute atomic E-state index is 0.0680. The van der Waals surface area contributed by atoms with Crippen molar-refractivity contribution in [3.05, 3.63) is 94.5 Å². The Morgan fingerprint density at radius 2 is 1.56 bits per heavy atom. The summed E-state index contributed by atoms with van der Waals surface area (Å²) in [6.45, 7) is 5.54. The lowest BCUT2D eigenvalue weighted by atomic mass is 10.1. The minimum Gasteiger partial charge on any atom is -0.348 e. The molecule has 7 heteroatoms. The summed E-state index contributed by atoms with van der Waals surface area (Å²) in [5.74, 6) is -0.393. The van der Waals surface area contributed by atoms with Gasteiger partial charge >= 0.3 is 0 Å². The predicted octanol–water partition coefficient (Wildman–Crippen LogP) is 5.28. The van der Waals surface area contributed by atoms with Gasteiger partial charge in [0, 0.05) is 5.02 Å². The van der Waals surface area contributed by atoms with E-state index in [1.54, 1.807) is 12.1 Å². The highest BCUT2D eigenvalue weighted by Crippen LogP contribution is 2.25. The summed E-state index contributed by atoms with van der Waals surface area (Å²) in [6, 6.07) is 20.7. The van der Waals surface area contributed by atoms with E-state index in [1.165, 1.54) is 29.8 Å². The van der Waals surface area contributed by atoms with Crippen LogP contribution in [0.1, 0.15) is 36.6 Å². The Balaban J connectivity index is 1.85. The Morgan fingerprint density at radius 3 is 2.12 bits per heavy atom. The van der Waals surface area contributed by atoms with Gasteiger partial charge in [0.15, 0.2) is 0 Å². The molecule has 3 aromatic rings. The van der Waals surface area contributed by atoms with Crippen molar-refractivity contribution < 1.29 is 13.2 Å². The molecule has 0 radical (unpaired) electrons. The van der Waals surface area contributed by atoms with Crippen LogP contribution in [0.5, 0.6) is 0 Å². The van der Waals surface area contributed by atoms with E-state index in [9.17, 15) is 13.2 Å². The first-order valence-electron chi connectivity index (χ1n) is 10.4. The van der Waals surface area contributed by atoms with Gasteiger partial charge in [0.25, 0.3) is 10.0 Å². The fourth-order valence-corrected chi connectivity index (χ4v) is 4.85. The molecule has 5 nitrogen and oxygen atoms in total. The van der Waals surface area contributed by atoms with Crippen molar-refractivity contribution in [2.45, 2.75) is 38.1 Å². The third-order valence-electron chi connectivity index (χ3n) is 5.28. The molecule has 1 N–H and O–H groups in total. The van der Waals surface area contributed by atoms with E-state index >= 15 is 0 Å². The standard InChI is InChI=1S/C25H27ClN2O3S/c1-4-20-7-9-21(10-8-20)19(3)27-25(29)17-28(23-13-5-18(2)6-14-23)32(30,31)24-15-11-22(26)12-16-24/h5-16,19H,4,17H2,1-3H3,(H,27,29)/t19-/m0/s1. The van der Waals surface area contributed by atoms with E-state index < -0.39 is 15.9 Å². The van der Waals surface area contributed by atoms with Gasteiger partial charge in [-0.3, -0.25) is 9.10 Å². The highest BCUT2D eigenvalue weighted by molar-refractivity contribution is 7.92. The molecule has 0 bridgehead atoms. The SMILES string of the molecule is CCc1ccc([C@H](C)NC(=O)CN(c2ccc(C)cc2)S(=O)(=O)c2ccc(Cl)cc2)cc1. The van der Waals surface area contributed by atoms with Gasteiger partial charge in [-0.15, -0.1) is 0 Å². The van der Waals surface area contributed by atoms with Crippen molar-refractivity contribution >= 4 is 33.2 Å². The van der Waals surface area contributed by atoms with Crippen LogP contribution in [0.3, 0.4) is 0 Å². The van der Waals surface area contributed by atoms with E-state index in [4.69, 9.17) is 11.6 Å². The van der Waals surface area contributed by atoms with Gasteiger partial charge in [0.1, 0.15) is 6.54 Å². The van der Waals surface area contributed by atoms with Crippen LogP contribution in [0.4, 0.5) is 5.69 Å². The summed E-state index contributed by atoms with van der Waals surface area (Å²) in [5, 5.41) is 3.35. The quantitative estimate of drug-likeness (QED) is 0.486. The Bertz CT molecular complexity index is 1160. The molecule has 0 saturated carbocycles. The van der Waals surface area contributed by atoms with Gasteiger partial charge in [-0.2, -0.15) is 0 Å². The van der Waals surface area contributed by atoms with Crippen molar-refractivity contribution in [1.82, 2.24) is 5.32 Å². The van der Waals surface area contributed by atoms with Crippen LogP contribution in [0.2, 0.25) is 5.02 Å². The van der Waals surface area contributed by atoms with Gasteiger partial charge in [0.2, 0.25) is 5.91 Å². The summed E-state index contributed by atoms with van der Waals surface area (Å²) in [7, 11) is -3.97. The molecule has 0 heterocycles. The zero-order valence-electron chi connectivity index (χ0n) is 18.4. The van der Waals surface area contributed by atoms with Crippen LogP contribution >= 0.6 is 11.6 Å². The first-order chi connectivity index (χ1) is 15.2. The molecular formula is C25H27ClN2O3S. The fraction of sp³-hybridized carbons (Fsp3) is 0.240. The number of hydrogen-bond acceptors (Lipinski definition) is 3. The zero-order valence-corrected chi connectivity index (χ0v) is 20.0. The second-order valence-corrected chi connectivity index (χ2v) is 9.98. The largest absolute Gasteiger partial charge is 0.348 e. The number of halogens is 1. The number of anilines is 1. The Labute approximate surface area is 195 Å². The van der Waals surface area contributed by atoms with Crippen molar-refractivity contribution in [2.75, 3.05) is 10.8 Å². The molecule has 0 aromatic heterocycles. The van der Waals surface area contributed by atoms with E-state index in [1.807, 2.05) is 50.2 Å². The van der Waals surface area contributed by atoms with Crippen LogP contribution in [0, 0.1) is 6.92 Å².